The molecule has 0 bridgehead atoms. The van der Waals surface area contributed by atoms with Crippen LogP contribution in [0.4, 0.5) is 0 Å². The van der Waals surface area contributed by atoms with Gasteiger partial charge >= 0.3 is 8.24 Å². The maximum Gasteiger partial charge on any atom is 0.388 e. The van der Waals surface area contributed by atoms with Crippen LogP contribution in [0.2, 0.25) is 0 Å². The van der Waals surface area contributed by atoms with E-state index in [0.717, 1.165) is 27.5 Å². The SMILES string of the molecule is Cc1cc(C(C)(C)C)c2op(O[C@H](C)c3ccccc3)oc3c(C(C)(C)C)cc(C)c(C)c3c2c1C. The molecule has 1 heterocycles. The number of hydrogen-bond donors (Lipinski definition) is 0. The van der Waals surface area contributed by atoms with E-state index < -0.39 is 8.24 Å². The number of aryl methyl sites for hydroxylation is 4. The monoisotopic (exact) mass is 504 g/mol. The normalized spacial score (nSPS) is 13.4. The second kappa shape index (κ2) is 9.43. The standard InChI is InChI=1S/C32H41O3P/c1-19-17-25(31(6,7)8)29-27(21(19)3)28-22(4)20(2)18-26(32(9,10)11)30(28)35-36(34-29)33-23(5)24-15-13-12-14-16-24/h12-18,23H,1-11H3/t23-/m1/s1. The van der Waals surface area contributed by atoms with E-state index in [4.69, 9.17) is 12.9 Å². The van der Waals surface area contributed by atoms with E-state index in [-0.39, 0.29) is 16.9 Å². The van der Waals surface area contributed by atoms with Crippen molar-refractivity contribution in [2.75, 3.05) is 0 Å². The maximum absolute atomic E-state index is 6.81. The molecule has 4 rings (SSSR count). The molecule has 0 unspecified atom stereocenters. The zero-order valence-electron chi connectivity index (χ0n) is 23.8. The zero-order valence-corrected chi connectivity index (χ0v) is 24.7. The second-order valence-electron chi connectivity index (χ2n) is 12.2. The molecule has 0 spiro atoms. The topological polar surface area (TPSA) is 35.5 Å². The minimum atomic E-state index is -1.71. The molecule has 4 aromatic rings. The summed E-state index contributed by atoms with van der Waals surface area (Å²) in [6.45, 7) is 24.3. The van der Waals surface area contributed by atoms with Gasteiger partial charge in [-0.3, -0.25) is 4.52 Å². The second-order valence-corrected chi connectivity index (χ2v) is 13.2. The van der Waals surface area contributed by atoms with Gasteiger partial charge in [0.15, 0.2) is 0 Å². The Hall–Kier alpha value is -2.48. The molecule has 0 N–H and O–H groups in total. The molecule has 4 heteroatoms. The first-order chi connectivity index (χ1) is 16.7. The molecule has 0 aliphatic heterocycles. The van der Waals surface area contributed by atoms with E-state index in [1.807, 2.05) is 18.2 Å². The van der Waals surface area contributed by atoms with Gasteiger partial charge in [0.1, 0.15) is 11.2 Å². The van der Waals surface area contributed by atoms with Gasteiger partial charge in [-0.05, 0) is 73.3 Å². The first kappa shape index (κ1) is 26.6. The van der Waals surface area contributed by atoms with Gasteiger partial charge in [-0.2, -0.15) is 0 Å². The molecule has 192 valence electrons. The molecule has 3 nitrogen and oxygen atoms in total. The molecule has 0 amide bonds. The molecule has 0 aliphatic carbocycles. The van der Waals surface area contributed by atoms with Crippen molar-refractivity contribution in [3.63, 3.8) is 0 Å². The largest absolute Gasteiger partial charge is 0.399 e. The van der Waals surface area contributed by atoms with Crippen LogP contribution in [0.3, 0.4) is 0 Å². The highest BCUT2D eigenvalue weighted by atomic mass is 31.1. The summed E-state index contributed by atoms with van der Waals surface area (Å²) in [6, 6.07) is 14.8. The Bertz CT molecular complexity index is 1380. The fourth-order valence-corrected chi connectivity index (χ4v) is 6.00. The summed E-state index contributed by atoms with van der Waals surface area (Å²) in [6.07, 6.45) is -0.170. The lowest BCUT2D eigenvalue weighted by Crippen LogP contribution is -2.13. The van der Waals surface area contributed by atoms with Crippen LogP contribution in [-0.2, 0) is 10.8 Å². The predicted molar refractivity (Wildman–Crippen MR) is 154 cm³/mol. The summed E-state index contributed by atoms with van der Waals surface area (Å²) in [7, 11) is -1.71. The highest BCUT2D eigenvalue weighted by Gasteiger charge is 2.27. The Morgan fingerprint density at radius 3 is 1.50 bits per heavy atom. The van der Waals surface area contributed by atoms with Crippen molar-refractivity contribution in [1.82, 2.24) is 0 Å². The molecular formula is C32H41O3P. The van der Waals surface area contributed by atoms with E-state index >= 15 is 0 Å². The maximum atomic E-state index is 6.81. The van der Waals surface area contributed by atoms with Gasteiger partial charge in [-0.25, -0.2) is 0 Å². The van der Waals surface area contributed by atoms with Crippen molar-refractivity contribution >= 4 is 30.2 Å². The van der Waals surface area contributed by atoms with Crippen LogP contribution in [-0.4, -0.2) is 0 Å². The van der Waals surface area contributed by atoms with Crippen LogP contribution in [0.5, 0.6) is 0 Å². The zero-order chi connectivity index (χ0) is 26.6. The van der Waals surface area contributed by atoms with Gasteiger partial charge in [0, 0.05) is 21.9 Å². The number of fused-ring (bicyclic) bond motifs is 3. The summed E-state index contributed by atoms with van der Waals surface area (Å²) in [4.78, 5) is 0. The molecule has 0 saturated carbocycles. The van der Waals surface area contributed by atoms with E-state index in [9.17, 15) is 0 Å². The summed E-state index contributed by atoms with van der Waals surface area (Å²) >= 11 is 0. The van der Waals surface area contributed by atoms with E-state index in [1.54, 1.807) is 0 Å². The van der Waals surface area contributed by atoms with Crippen molar-refractivity contribution in [3.05, 3.63) is 81.4 Å². The molecule has 0 fully saturated rings. The highest BCUT2D eigenvalue weighted by molar-refractivity contribution is 7.31. The van der Waals surface area contributed by atoms with Gasteiger partial charge in [0.2, 0.25) is 0 Å². The fraction of sp³-hybridized carbons (Fsp3) is 0.438. The van der Waals surface area contributed by atoms with Gasteiger partial charge in [-0.1, -0.05) is 84.0 Å². The Morgan fingerprint density at radius 2 is 1.11 bits per heavy atom. The van der Waals surface area contributed by atoms with Crippen molar-refractivity contribution in [2.24, 2.45) is 0 Å². The quantitative estimate of drug-likeness (QED) is 0.278. The van der Waals surface area contributed by atoms with Gasteiger partial charge < -0.3 is 8.39 Å². The average Bonchev–Trinajstić information content (AvgIpc) is 2.95. The molecule has 1 aromatic heterocycles. The van der Waals surface area contributed by atoms with Gasteiger partial charge in [-0.15, -0.1) is 0 Å². The minimum absolute atomic E-state index is 0.107. The van der Waals surface area contributed by atoms with Crippen molar-refractivity contribution in [1.29, 1.82) is 0 Å². The van der Waals surface area contributed by atoms with Crippen molar-refractivity contribution in [3.8, 4) is 0 Å². The minimum Gasteiger partial charge on any atom is -0.399 e. The van der Waals surface area contributed by atoms with Crippen LogP contribution in [0.25, 0.3) is 21.9 Å². The summed E-state index contributed by atoms with van der Waals surface area (Å²) in [5.41, 5.74) is 10.0. The lowest BCUT2D eigenvalue weighted by atomic mass is 9.81. The van der Waals surface area contributed by atoms with E-state index in [0.29, 0.717) is 0 Å². The smallest absolute Gasteiger partial charge is 0.388 e. The van der Waals surface area contributed by atoms with Crippen molar-refractivity contribution < 1.29 is 12.9 Å². The summed E-state index contributed by atoms with van der Waals surface area (Å²) in [5, 5.41) is 2.28. The molecule has 36 heavy (non-hydrogen) atoms. The Balaban J connectivity index is 2.23. The lowest BCUT2D eigenvalue weighted by Gasteiger charge is -2.23. The first-order valence-electron chi connectivity index (χ1n) is 12.9. The summed E-state index contributed by atoms with van der Waals surface area (Å²) in [5.74, 6) is 0. The predicted octanol–water partition coefficient (Wildman–Crippen LogP) is 10.3. The highest BCUT2D eigenvalue weighted by Crippen LogP contribution is 2.46. The van der Waals surface area contributed by atoms with Crippen LogP contribution in [0.1, 0.15) is 93.5 Å². The van der Waals surface area contributed by atoms with E-state index in [2.05, 4.69) is 100 Å². The van der Waals surface area contributed by atoms with Crippen LogP contribution in [0.15, 0.2) is 50.9 Å². The van der Waals surface area contributed by atoms with E-state index in [1.165, 1.54) is 33.4 Å². The third kappa shape index (κ3) is 4.89. The van der Waals surface area contributed by atoms with Crippen LogP contribution >= 0.6 is 8.24 Å². The number of rotatable bonds is 3. The Labute approximate surface area is 217 Å². The molecule has 0 radical (unpaired) electrons. The third-order valence-electron chi connectivity index (χ3n) is 7.31. The number of hydrogen-bond acceptors (Lipinski definition) is 3. The molecular weight excluding hydrogens is 463 g/mol. The Morgan fingerprint density at radius 1 is 0.694 bits per heavy atom. The van der Waals surface area contributed by atoms with Gasteiger partial charge in [0.05, 0.1) is 6.10 Å². The van der Waals surface area contributed by atoms with Gasteiger partial charge in [0.25, 0.3) is 0 Å². The van der Waals surface area contributed by atoms with Crippen LogP contribution in [0, 0.1) is 27.7 Å². The first-order valence-corrected chi connectivity index (χ1v) is 14.0. The summed E-state index contributed by atoms with van der Waals surface area (Å²) < 4.78 is 20.2. The van der Waals surface area contributed by atoms with Crippen molar-refractivity contribution in [2.45, 2.75) is 93.1 Å². The Kier molecular flexibility index (Phi) is 6.97. The molecule has 0 aliphatic rings. The molecule has 0 saturated heterocycles. The third-order valence-corrected chi connectivity index (χ3v) is 8.46. The fourth-order valence-electron chi connectivity index (χ4n) is 4.82. The molecule has 1 atom stereocenters. The molecule has 3 aromatic carbocycles. The average molecular weight is 505 g/mol. The number of benzene rings is 3. The lowest BCUT2D eigenvalue weighted by molar-refractivity contribution is 0.285. The van der Waals surface area contributed by atoms with Crippen LogP contribution < -0.4 is 4.52 Å².